The van der Waals surface area contributed by atoms with Gasteiger partial charge in [-0.1, -0.05) is 0 Å². The molecule has 0 saturated heterocycles. The molecule has 5 rings (SSSR count). The Kier molecular flexibility index (Phi) is 4.46. The fourth-order valence-electron chi connectivity index (χ4n) is 3.49. The number of aromatic amines is 1. The Bertz CT molecular complexity index is 1160. The lowest BCUT2D eigenvalue weighted by molar-refractivity contribution is 0.661. The number of aryl methyl sites for hydroxylation is 1. The van der Waals surface area contributed by atoms with Gasteiger partial charge in [0, 0.05) is 53.3 Å². The van der Waals surface area contributed by atoms with E-state index in [4.69, 9.17) is 5.73 Å². The van der Waals surface area contributed by atoms with E-state index >= 15 is 0 Å². The van der Waals surface area contributed by atoms with Crippen molar-refractivity contribution in [3.05, 3.63) is 48.9 Å². The summed E-state index contributed by atoms with van der Waals surface area (Å²) in [5, 5.41) is 1.13. The van der Waals surface area contributed by atoms with E-state index in [1.165, 1.54) is 10.5 Å². The highest BCUT2D eigenvalue weighted by Crippen LogP contribution is 2.36. The van der Waals surface area contributed by atoms with Crippen molar-refractivity contribution in [1.29, 1.82) is 0 Å². The molecule has 0 unspecified atom stereocenters. The van der Waals surface area contributed by atoms with Gasteiger partial charge < -0.3 is 20.2 Å². The topological polar surface area (TPSA) is 102 Å². The van der Waals surface area contributed by atoms with Crippen molar-refractivity contribution < 1.29 is 0 Å². The summed E-state index contributed by atoms with van der Waals surface area (Å²) in [6.07, 6.45) is 10.3. The normalized spacial score (nSPS) is 14.8. The van der Waals surface area contributed by atoms with Crippen LogP contribution in [0.5, 0.6) is 0 Å². The minimum atomic E-state index is 0.645. The number of imidazole rings is 1. The number of hydrogen-bond acceptors (Lipinski definition) is 7. The van der Waals surface area contributed by atoms with Gasteiger partial charge in [-0.15, -0.1) is 11.8 Å². The molecular weight excluding hydrogens is 372 g/mol. The van der Waals surface area contributed by atoms with E-state index in [0.29, 0.717) is 6.54 Å². The van der Waals surface area contributed by atoms with Crippen LogP contribution in [-0.2, 0) is 6.54 Å². The second-order valence-electron chi connectivity index (χ2n) is 6.58. The molecule has 8 nitrogen and oxygen atoms in total. The third kappa shape index (κ3) is 2.92. The van der Waals surface area contributed by atoms with E-state index in [2.05, 4.69) is 48.2 Å². The summed E-state index contributed by atoms with van der Waals surface area (Å²) in [4.78, 5) is 24.5. The van der Waals surface area contributed by atoms with Crippen LogP contribution in [0.2, 0.25) is 0 Å². The van der Waals surface area contributed by atoms with Crippen LogP contribution in [0.1, 0.15) is 12.0 Å². The van der Waals surface area contributed by atoms with E-state index in [1.807, 2.05) is 35.0 Å². The predicted octanol–water partition coefficient (Wildman–Crippen LogP) is 2.60. The van der Waals surface area contributed by atoms with Crippen molar-refractivity contribution in [3.63, 3.8) is 0 Å². The minimum Gasteiger partial charge on any atom is -0.346 e. The number of H-pyrrole nitrogens is 1. The van der Waals surface area contributed by atoms with Crippen LogP contribution in [0.15, 0.2) is 43.4 Å². The average molecular weight is 392 g/mol. The molecular formula is C19H20N8S. The molecule has 0 fully saturated rings. The maximum absolute atomic E-state index is 5.65. The van der Waals surface area contributed by atoms with Crippen LogP contribution in [0.3, 0.4) is 0 Å². The molecule has 3 N–H and O–H groups in total. The molecule has 1 aliphatic heterocycles. The second kappa shape index (κ2) is 7.25. The number of rotatable bonds is 5. The van der Waals surface area contributed by atoms with Crippen LogP contribution >= 0.6 is 11.8 Å². The summed E-state index contributed by atoms with van der Waals surface area (Å²) in [5.74, 6) is 1.81. The van der Waals surface area contributed by atoms with Gasteiger partial charge in [-0.2, -0.15) is 0 Å². The van der Waals surface area contributed by atoms with Crippen LogP contribution in [0, 0.1) is 0 Å². The number of anilines is 1. The molecule has 4 aromatic heterocycles. The van der Waals surface area contributed by atoms with Gasteiger partial charge in [-0.3, -0.25) is 0 Å². The molecule has 0 aliphatic carbocycles. The fourth-order valence-corrected chi connectivity index (χ4v) is 4.53. The standard InChI is InChI=1S/C19H20N8S/c20-4-1-7-27-12-25-16-18(23-11-24-19(16)27)26-8-9-28-15(10-26)13-2-5-21-17-14(13)3-6-22-17/h2-3,5-6,10-12H,1,4,7-9,20H2,(H,21,22). The zero-order valence-corrected chi connectivity index (χ0v) is 16.1. The summed E-state index contributed by atoms with van der Waals surface area (Å²) < 4.78 is 2.04. The van der Waals surface area contributed by atoms with Crippen molar-refractivity contribution in [2.75, 3.05) is 23.7 Å². The van der Waals surface area contributed by atoms with E-state index in [-0.39, 0.29) is 0 Å². The lowest BCUT2D eigenvalue weighted by Crippen LogP contribution is -2.24. The van der Waals surface area contributed by atoms with Crippen molar-refractivity contribution in [2.24, 2.45) is 5.73 Å². The third-order valence-electron chi connectivity index (χ3n) is 4.85. The van der Waals surface area contributed by atoms with Gasteiger partial charge in [-0.05, 0) is 25.1 Å². The van der Waals surface area contributed by atoms with Crippen molar-refractivity contribution in [3.8, 4) is 0 Å². The lowest BCUT2D eigenvalue weighted by Gasteiger charge is -2.26. The van der Waals surface area contributed by atoms with Gasteiger partial charge in [0.2, 0.25) is 0 Å². The summed E-state index contributed by atoms with van der Waals surface area (Å²) in [6.45, 7) is 2.33. The Balaban J connectivity index is 1.55. The molecule has 0 spiro atoms. The SMILES string of the molecule is NCCCn1cnc2c(N3C=C(c4ccnc5[nH]ccc45)SCC3)ncnc21. The molecule has 0 radical (unpaired) electrons. The van der Waals surface area contributed by atoms with Crippen molar-refractivity contribution >= 4 is 44.7 Å². The maximum Gasteiger partial charge on any atom is 0.165 e. The van der Waals surface area contributed by atoms with Crippen LogP contribution < -0.4 is 10.6 Å². The molecule has 0 bridgehead atoms. The number of thioether (sulfide) groups is 1. The van der Waals surface area contributed by atoms with Crippen LogP contribution in [0.4, 0.5) is 5.82 Å². The molecule has 142 valence electrons. The molecule has 0 aromatic carbocycles. The number of hydrogen-bond donors (Lipinski definition) is 2. The highest BCUT2D eigenvalue weighted by molar-refractivity contribution is 8.08. The van der Waals surface area contributed by atoms with E-state index in [1.54, 1.807) is 6.33 Å². The first kappa shape index (κ1) is 17.2. The fraction of sp³-hybridized carbons (Fsp3) is 0.263. The number of nitrogens with two attached hydrogens (primary N) is 1. The van der Waals surface area contributed by atoms with Gasteiger partial charge >= 0.3 is 0 Å². The van der Waals surface area contributed by atoms with Gasteiger partial charge in [0.15, 0.2) is 17.0 Å². The van der Waals surface area contributed by atoms with Crippen molar-refractivity contribution in [1.82, 2.24) is 29.5 Å². The Morgan fingerprint density at radius 3 is 3.07 bits per heavy atom. The monoisotopic (exact) mass is 392 g/mol. The first-order valence-electron chi connectivity index (χ1n) is 9.25. The van der Waals surface area contributed by atoms with Crippen LogP contribution in [-0.4, -0.2) is 48.3 Å². The zero-order chi connectivity index (χ0) is 18.9. The smallest absolute Gasteiger partial charge is 0.165 e. The molecule has 0 saturated carbocycles. The number of nitrogens with zero attached hydrogens (tertiary/aromatic N) is 6. The highest BCUT2D eigenvalue weighted by Gasteiger charge is 2.20. The Labute approximate surface area is 165 Å². The van der Waals surface area contributed by atoms with Gasteiger partial charge in [0.1, 0.15) is 12.0 Å². The largest absolute Gasteiger partial charge is 0.346 e. The Hall–Kier alpha value is -2.91. The summed E-state index contributed by atoms with van der Waals surface area (Å²) in [5.41, 5.74) is 9.40. The molecule has 5 heterocycles. The summed E-state index contributed by atoms with van der Waals surface area (Å²) in [7, 11) is 0. The molecule has 1 aliphatic rings. The Morgan fingerprint density at radius 2 is 2.14 bits per heavy atom. The highest BCUT2D eigenvalue weighted by atomic mass is 32.2. The molecule has 9 heteroatoms. The minimum absolute atomic E-state index is 0.645. The van der Waals surface area contributed by atoms with Crippen molar-refractivity contribution in [2.45, 2.75) is 13.0 Å². The van der Waals surface area contributed by atoms with Gasteiger partial charge in [0.05, 0.1) is 6.33 Å². The quantitative estimate of drug-likeness (QED) is 0.538. The van der Waals surface area contributed by atoms with Gasteiger partial charge in [0.25, 0.3) is 0 Å². The molecule has 4 aromatic rings. The number of aromatic nitrogens is 6. The zero-order valence-electron chi connectivity index (χ0n) is 15.2. The second-order valence-corrected chi connectivity index (χ2v) is 7.72. The predicted molar refractivity (Wildman–Crippen MR) is 113 cm³/mol. The summed E-state index contributed by atoms with van der Waals surface area (Å²) in [6, 6.07) is 4.13. The Morgan fingerprint density at radius 1 is 1.18 bits per heavy atom. The lowest BCUT2D eigenvalue weighted by atomic mass is 10.2. The maximum atomic E-state index is 5.65. The molecule has 0 amide bonds. The number of pyridine rings is 1. The first-order chi connectivity index (χ1) is 13.8. The molecule has 28 heavy (non-hydrogen) atoms. The van der Waals surface area contributed by atoms with E-state index < -0.39 is 0 Å². The van der Waals surface area contributed by atoms with E-state index in [9.17, 15) is 0 Å². The number of fused-ring (bicyclic) bond motifs is 2. The van der Waals surface area contributed by atoms with E-state index in [0.717, 1.165) is 53.3 Å². The van der Waals surface area contributed by atoms with Gasteiger partial charge in [-0.25, -0.2) is 19.9 Å². The van der Waals surface area contributed by atoms with Crippen LogP contribution in [0.25, 0.3) is 27.1 Å². The molecule has 0 atom stereocenters. The third-order valence-corrected chi connectivity index (χ3v) is 5.87. The summed E-state index contributed by atoms with van der Waals surface area (Å²) >= 11 is 1.85. The number of nitrogens with one attached hydrogen (secondary N) is 1. The first-order valence-corrected chi connectivity index (χ1v) is 10.2. The average Bonchev–Trinajstić information content (AvgIpc) is 3.39.